The maximum atomic E-state index is 6.47. The van der Waals surface area contributed by atoms with E-state index in [1.807, 2.05) is 0 Å². The molecule has 0 spiro atoms. The second-order valence-electron chi connectivity index (χ2n) is 6.78. The Kier molecular flexibility index (Phi) is 2.54. The van der Waals surface area contributed by atoms with E-state index >= 15 is 0 Å². The lowest BCUT2D eigenvalue weighted by molar-refractivity contribution is 0.287. The standard InChI is InChI=1S/C13H22N4O/c1-12(2,3)11-15-10(16-18-11)13(14)6-7-17(8-13)9-4-5-9/h9H,4-8,14H2,1-3H3. The molecule has 5 nitrogen and oxygen atoms in total. The van der Waals surface area contributed by atoms with E-state index in [9.17, 15) is 0 Å². The van der Waals surface area contributed by atoms with Crippen LogP contribution in [0.25, 0.3) is 0 Å². The third-order valence-corrected chi connectivity index (χ3v) is 3.91. The molecule has 5 heteroatoms. The summed E-state index contributed by atoms with van der Waals surface area (Å²) in [6.45, 7) is 8.12. The van der Waals surface area contributed by atoms with Crippen molar-refractivity contribution in [2.45, 2.75) is 57.0 Å². The van der Waals surface area contributed by atoms with Gasteiger partial charge in [0.25, 0.3) is 0 Å². The van der Waals surface area contributed by atoms with Gasteiger partial charge >= 0.3 is 0 Å². The van der Waals surface area contributed by atoms with E-state index in [4.69, 9.17) is 10.3 Å². The van der Waals surface area contributed by atoms with Crippen molar-refractivity contribution in [3.63, 3.8) is 0 Å². The molecule has 0 amide bonds. The Hall–Kier alpha value is -0.940. The molecule has 2 heterocycles. The Morgan fingerprint density at radius 1 is 1.39 bits per heavy atom. The number of hydrogen-bond acceptors (Lipinski definition) is 5. The minimum Gasteiger partial charge on any atom is -0.339 e. The smallest absolute Gasteiger partial charge is 0.232 e. The van der Waals surface area contributed by atoms with Crippen LogP contribution in [-0.2, 0) is 11.0 Å². The van der Waals surface area contributed by atoms with Crippen LogP contribution in [0.15, 0.2) is 4.52 Å². The van der Waals surface area contributed by atoms with Gasteiger partial charge in [-0.1, -0.05) is 25.9 Å². The molecule has 1 aromatic rings. The molecule has 0 radical (unpaired) electrons. The Labute approximate surface area is 108 Å². The molecule has 1 aliphatic carbocycles. The Morgan fingerprint density at radius 2 is 2.11 bits per heavy atom. The van der Waals surface area contributed by atoms with Crippen molar-refractivity contribution in [2.75, 3.05) is 13.1 Å². The number of hydrogen-bond donors (Lipinski definition) is 1. The number of likely N-dealkylation sites (tertiary alicyclic amines) is 1. The fraction of sp³-hybridized carbons (Fsp3) is 0.846. The highest BCUT2D eigenvalue weighted by Gasteiger charge is 2.44. The van der Waals surface area contributed by atoms with Crippen LogP contribution in [0.3, 0.4) is 0 Å². The normalized spacial score (nSPS) is 30.0. The topological polar surface area (TPSA) is 68.2 Å². The largest absolute Gasteiger partial charge is 0.339 e. The van der Waals surface area contributed by atoms with Crippen LogP contribution in [0, 0.1) is 0 Å². The van der Waals surface area contributed by atoms with Crippen LogP contribution < -0.4 is 5.73 Å². The van der Waals surface area contributed by atoms with Crippen LogP contribution in [0.1, 0.15) is 51.7 Å². The average molecular weight is 250 g/mol. The zero-order chi connectivity index (χ0) is 13.0. The number of nitrogens with zero attached hydrogens (tertiary/aromatic N) is 3. The molecular formula is C13H22N4O. The quantitative estimate of drug-likeness (QED) is 0.859. The first-order valence-corrected chi connectivity index (χ1v) is 6.76. The zero-order valence-electron chi connectivity index (χ0n) is 11.4. The van der Waals surface area contributed by atoms with Crippen molar-refractivity contribution in [3.8, 4) is 0 Å². The lowest BCUT2D eigenvalue weighted by atomic mass is 9.96. The number of rotatable bonds is 2. The monoisotopic (exact) mass is 250 g/mol. The first-order chi connectivity index (χ1) is 8.38. The molecule has 1 aliphatic heterocycles. The van der Waals surface area contributed by atoms with Gasteiger partial charge in [-0.15, -0.1) is 0 Å². The fourth-order valence-electron chi connectivity index (χ4n) is 2.53. The molecule has 0 bridgehead atoms. The van der Waals surface area contributed by atoms with Gasteiger partial charge in [-0.05, 0) is 19.3 Å². The minimum absolute atomic E-state index is 0.115. The van der Waals surface area contributed by atoms with E-state index < -0.39 is 5.54 Å². The van der Waals surface area contributed by atoms with Gasteiger partial charge in [-0.2, -0.15) is 4.98 Å². The Balaban J connectivity index is 1.79. The van der Waals surface area contributed by atoms with E-state index in [-0.39, 0.29) is 5.41 Å². The van der Waals surface area contributed by atoms with E-state index in [2.05, 4.69) is 35.8 Å². The van der Waals surface area contributed by atoms with Gasteiger partial charge in [0.1, 0.15) is 0 Å². The molecule has 2 N–H and O–H groups in total. The van der Waals surface area contributed by atoms with E-state index in [0.717, 1.165) is 25.6 Å². The Bertz CT molecular complexity index is 446. The van der Waals surface area contributed by atoms with Crippen LogP contribution in [0.5, 0.6) is 0 Å². The number of nitrogens with two attached hydrogens (primary N) is 1. The molecule has 1 saturated carbocycles. The first kappa shape index (κ1) is 12.1. The van der Waals surface area contributed by atoms with Crippen LogP contribution in [0.2, 0.25) is 0 Å². The summed E-state index contributed by atoms with van der Waals surface area (Å²) in [7, 11) is 0. The summed E-state index contributed by atoms with van der Waals surface area (Å²) in [6.07, 6.45) is 3.55. The van der Waals surface area contributed by atoms with Crippen molar-refractivity contribution < 1.29 is 4.52 Å². The van der Waals surface area contributed by atoms with Crippen LogP contribution >= 0.6 is 0 Å². The van der Waals surface area contributed by atoms with Crippen molar-refractivity contribution >= 4 is 0 Å². The highest BCUT2D eigenvalue weighted by Crippen LogP contribution is 2.36. The molecule has 2 fully saturated rings. The van der Waals surface area contributed by atoms with E-state index in [1.165, 1.54) is 12.8 Å². The van der Waals surface area contributed by atoms with Gasteiger partial charge in [0.15, 0.2) is 5.82 Å². The Morgan fingerprint density at radius 3 is 2.67 bits per heavy atom. The molecular weight excluding hydrogens is 228 g/mol. The third kappa shape index (κ3) is 2.06. The van der Waals surface area contributed by atoms with Gasteiger partial charge in [0.05, 0.1) is 5.54 Å². The van der Waals surface area contributed by atoms with Crippen LogP contribution in [0.4, 0.5) is 0 Å². The lowest BCUT2D eigenvalue weighted by Gasteiger charge is -2.20. The molecule has 0 aromatic carbocycles. The summed E-state index contributed by atoms with van der Waals surface area (Å²) in [5.41, 5.74) is 5.93. The highest BCUT2D eigenvalue weighted by atomic mass is 16.5. The molecule has 2 aliphatic rings. The maximum absolute atomic E-state index is 6.47. The maximum Gasteiger partial charge on any atom is 0.232 e. The molecule has 100 valence electrons. The van der Waals surface area contributed by atoms with Crippen molar-refractivity contribution in [3.05, 3.63) is 11.7 Å². The lowest BCUT2D eigenvalue weighted by Crippen LogP contribution is -2.41. The van der Waals surface area contributed by atoms with E-state index in [1.54, 1.807) is 0 Å². The minimum atomic E-state index is -0.421. The third-order valence-electron chi connectivity index (χ3n) is 3.91. The average Bonchev–Trinajstić information content (AvgIpc) is 2.85. The summed E-state index contributed by atoms with van der Waals surface area (Å²) < 4.78 is 5.36. The summed E-state index contributed by atoms with van der Waals surface area (Å²) in [4.78, 5) is 6.99. The summed E-state index contributed by atoms with van der Waals surface area (Å²) in [5.74, 6) is 1.35. The summed E-state index contributed by atoms with van der Waals surface area (Å²) in [5, 5.41) is 4.11. The molecule has 3 rings (SSSR count). The van der Waals surface area contributed by atoms with Crippen molar-refractivity contribution in [1.29, 1.82) is 0 Å². The zero-order valence-corrected chi connectivity index (χ0v) is 11.4. The second kappa shape index (κ2) is 3.78. The molecule has 1 unspecified atom stereocenters. The molecule has 1 aromatic heterocycles. The highest BCUT2D eigenvalue weighted by molar-refractivity contribution is 5.12. The van der Waals surface area contributed by atoms with Crippen LogP contribution in [-0.4, -0.2) is 34.2 Å². The van der Waals surface area contributed by atoms with E-state index in [0.29, 0.717) is 11.7 Å². The second-order valence-corrected chi connectivity index (χ2v) is 6.78. The molecule has 18 heavy (non-hydrogen) atoms. The SMILES string of the molecule is CC(C)(C)c1nc(C2(N)CCN(C3CC3)C2)no1. The van der Waals surface area contributed by atoms with Crippen molar-refractivity contribution in [2.24, 2.45) is 5.73 Å². The number of aromatic nitrogens is 2. The first-order valence-electron chi connectivity index (χ1n) is 6.76. The van der Waals surface area contributed by atoms with Gasteiger partial charge < -0.3 is 10.3 Å². The van der Waals surface area contributed by atoms with Gasteiger partial charge in [0, 0.05) is 24.5 Å². The van der Waals surface area contributed by atoms with Crippen molar-refractivity contribution in [1.82, 2.24) is 15.0 Å². The molecule has 1 atom stereocenters. The fourth-order valence-corrected chi connectivity index (χ4v) is 2.53. The summed E-state index contributed by atoms with van der Waals surface area (Å²) >= 11 is 0. The van der Waals surface area contributed by atoms with Gasteiger partial charge in [-0.3, -0.25) is 4.90 Å². The summed E-state index contributed by atoms with van der Waals surface area (Å²) in [6, 6.07) is 0.754. The molecule has 1 saturated heterocycles. The van der Waals surface area contributed by atoms with Gasteiger partial charge in [0.2, 0.25) is 5.89 Å². The van der Waals surface area contributed by atoms with Gasteiger partial charge in [-0.25, -0.2) is 0 Å². The predicted octanol–water partition coefficient (Wildman–Crippen LogP) is 1.39. The predicted molar refractivity (Wildman–Crippen MR) is 68.1 cm³/mol.